The van der Waals surface area contributed by atoms with Crippen LogP contribution in [-0.4, -0.2) is 97.5 Å². The average molecular weight is 582 g/mol. The van der Waals surface area contributed by atoms with Crippen LogP contribution in [0.1, 0.15) is 23.3 Å². The van der Waals surface area contributed by atoms with Crippen LogP contribution in [0.3, 0.4) is 0 Å². The first-order chi connectivity index (χ1) is 18.4. The van der Waals surface area contributed by atoms with Crippen LogP contribution in [0, 0.1) is 0 Å². The molecule has 0 spiro atoms. The van der Waals surface area contributed by atoms with Crippen LogP contribution in [0.15, 0.2) is 35.7 Å². The first kappa shape index (κ1) is 28.8. The number of rotatable bonds is 12. The van der Waals surface area contributed by atoms with Crippen molar-refractivity contribution in [2.24, 2.45) is 0 Å². The number of hydrogen-bond donors (Lipinski definition) is 1. The molecule has 38 heavy (non-hydrogen) atoms. The van der Waals surface area contributed by atoms with Gasteiger partial charge in [0.25, 0.3) is 0 Å². The van der Waals surface area contributed by atoms with Gasteiger partial charge in [0.2, 0.25) is 17.7 Å². The number of nitrogens with one attached hydrogen (secondary N) is 1. The molecule has 1 aromatic carbocycles. The number of amides is 3. The Bertz CT molecular complexity index is 1090. The predicted molar refractivity (Wildman–Crippen MR) is 150 cm³/mol. The van der Waals surface area contributed by atoms with E-state index in [9.17, 15) is 14.4 Å². The van der Waals surface area contributed by atoms with E-state index in [4.69, 9.17) is 27.9 Å². The van der Waals surface area contributed by atoms with Crippen LogP contribution < -0.4 is 5.32 Å². The summed E-state index contributed by atoms with van der Waals surface area (Å²) in [5.74, 6) is -0.570. The number of halogens is 2. The highest BCUT2D eigenvalue weighted by Crippen LogP contribution is 2.23. The number of thiophene rings is 1. The summed E-state index contributed by atoms with van der Waals surface area (Å²) in [6.45, 7) is 5.44. The van der Waals surface area contributed by atoms with Gasteiger partial charge in [0.15, 0.2) is 0 Å². The van der Waals surface area contributed by atoms with Crippen molar-refractivity contribution < 1.29 is 19.1 Å². The number of benzene rings is 1. The van der Waals surface area contributed by atoms with Gasteiger partial charge in [0.05, 0.1) is 26.2 Å². The normalized spacial score (nSPS) is 18.7. The minimum absolute atomic E-state index is 0.00779. The first-order valence-electron chi connectivity index (χ1n) is 13.0. The smallest absolute Gasteiger partial charge is 0.246 e. The summed E-state index contributed by atoms with van der Waals surface area (Å²) in [4.78, 5) is 46.2. The van der Waals surface area contributed by atoms with Crippen molar-refractivity contribution in [3.05, 3.63) is 56.2 Å². The minimum Gasteiger partial charge on any atom is -0.379 e. The van der Waals surface area contributed by atoms with Crippen molar-refractivity contribution in [3.8, 4) is 0 Å². The zero-order valence-corrected chi connectivity index (χ0v) is 23.7. The summed E-state index contributed by atoms with van der Waals surface area (Å²) >= 11 is 13.9. The highest BCUT2D eigenvalue weighted by atomic mass is 35.5. The van der Waals surface area contributed by atoms with E-state index in [-0.39, 0.29) is 30.7 Å². The lowest BCUT2D eigenvalue weighted by Crippen LogP contribution is -2.61. The second-order valence-corrected chi connectivity index (χ2v) is 11.4. The lowest BCUT2D eigenvalue weighted by molar-refractivity contribution is -0.157. The molecular weight excluding hydrogens is 547 g/mol. The maximum absolute atomic E-state index is 13.6. The van der Waals surface area contributed by atoms with Gasteiger partial charge in [-0.25, -0.2) is 0 Å². The fraction of sp³-hybridized carbons (Fsp3) is 0.519. The van der Waals surface area contributed by atoms with Gasteiger partial charge in [-0.15, -0.1) is 11.3 Å². The Morgan fingerprint density at radius 1 is 1.08 bits per heavy atom. The summed E-state index contributed by atoms with van der Waals surface area (Å²) in [7, 11) is 0. The van der Waals surface area contributed by atoms with Crippen LogP contribution in [0.25, 0.3) is 0 Å². The molecule has 3 heterocycles. The van der Waals surface area contributed by atoms with E-state index in [1.807, 2.05) is 23.6 Å². The summed E-state index contributed by atoms with van der Waals surface area (Å²) in [5, 5.41) is 6.01. The van der Waals surface area contributed by atoms with Crippen molar-refractivity contribution >= 4 is 52.3 Å². The largest absolute Gasteiger partial charge is 0.379 e. The van der Waals surface area contributed by atoms with Gasteiger partial charge >= 0.3 is 0 Å². The highest BCUT2D eigenvalue weighted by molar-refractivity contribution is 7.09. The quantitative estimate of drug-likeness (QED) is 0.390. The molecule has 3 amide bonds. The first-order valence-corrected chi connectivity index (χ1v) is 14.7. The number of nitrogens with zero attached hydrogens (tertiary/aromatic N) is 3. The van der Waals surface area contributed by atoms with Crippen LogP contribution >= 0.6 is 34.5 Å². The SMILES string of the molecule is O=C(CC1C(=O)N(CCc2ccc(Cl)cc2Cl)CC(=O)N1CCc1cccs1)NCCCN1CCOCC1. The molecule has 0 saturated carbocycles. The molecule has 1 atom stereocenters. The molecule has 2 aromatic rings. The monoisotopic (exact) mass is 580 g/mol. The Morgan fingerprint density at radius 3 is 2.63 bits per heavy atom. The second kappa shape index (κ2) is 14.3. The van der Waals surface area contributed by atoms with Crippen LogP contribution in [0.2, 0.25) is 10.0 Å². The molecule has 1 N–H and O–H groups in total. The number of piperazine rings is 1. The molecule has 1 aromatic heterocycles. The Morgan fingerprint density at radius 2 is 1.89 bits per heavy atom. The number of morpholine rings is 1. The van der Waals surface area contributed by atoms with E-state index in [2.05, 4.69) is 10.2 Å². The topological polar surface area (TPSA) is 82.2 Å². The Balaban J connectivity index is 1.36. The molecule has 0 radical (unpaired) electrons. The minimum atomic E-state index is -0.823. The van der Waals surface area contributed by atoms with Crippen molar-refractivity contribution in [2.75, 3.05) is 59.0 Å². The van der Waals surface area contributed by atoms with Gasteiger partial charge in [-0.2, -0.15) is 0 Å². The summed E-state index contributed by atoms with van der Waals surface area (Å²) in [5.41, 5.74) is 0.853. The fourth-order valence-corrected chi connectivity index (χ4v) is 5.99. The van der Waals surface area contributed by atoms with Gasteiger partial charge in [0.1, 0.15) is 6.04 Å². The van der Waals surface area contributed by atoms with E-state index in [1.165, 1.54) is 0 Å². The van der Waals surface area contributed by atoms with Crippen molar-refractivity contribution in [2.45, 2.75) is 31.7 Å². The van der Waals surface area contributed by atoms with E-state index < -0.39 is 6.04 Å². The lowest BCUT2D eigenvalue weighted by Gasteiger charge is -2.40. The Hall–Kier alpha value is -2.17. The van der Waals surface area contributed by atoms with E-state index in [0.717, 1.165) is 49.7 Å². The highest BCUT2D eigenvalue weighted by Gasteiger charge is 2.40. The molecule has 1 unspecified atom stereocenters. The molecule has 2 aliphatic heterocycles. The van der Waals surface area contributed by atoms with Crippen molar-refractivity contribution in [1.29, 1.82) is 0 Å². The van der Waals surface area contributed by atoms with Crippen molar-refractivity contribution in [1.82, 2.24) is 20.0 Å². The van der Waals surface area contributed by atoms with Crippen LogP contribution in [0.5, 0.6) is 0 Å². The van der Waals surface area contributed by atoms with Gasteiger partial charge in [0, 0.05) is 47.6 Å². The van der Waals surface area contributed by atoms with Crippen LogP contribution in [-0.2, 0) is 32.0 Å². The van der Waals surface area contributed by atoms with Crippen LogP contribution in [0.4, 0.5) is 0 Å². The molecule has 4 rings (SSSR count). The second-order valence-electron chi connectivity index (χ2n) is 9.54. The summed E-state index contributed by atoms with van der Waals surface area (Å²) in [6.07, 6.45) is 1.91. The third-order valence-corrected chi connectivity index (χ3v) is 8.44. The predicted octanol–water partition coefficient (Wildman–Crippen LogP) is 3.11. The van der Waals surface area contributed by atoms with Gasteiger partial charge in [-0.1, -0.05) is 35.3 Å². The molecule has 0 bridgehead atoms. The maximum Gasteiger partial charge on any atom is 0.246 e. The van der Waals surface area contributed by atoms with Gasteiger partial charge < -0.3 is 19.9 Å². The molecule has 11 heteroatoms. The Kier molecular flexibility index (Phi) is 10.8. The number of carbonyl (C=O) groups excluding carboxylic acids is 3. The zero-order valence-electron chi connectivity index (χ0n) is 21.4. The fourth-order valence-electron chi connectivity index (χ4n) is 4.79. The summed E-state index contributed by atoms with van der Waals surface area (Å²) < 4.78 is 5.37. The molecule has 2 aliphatic rings. The molecular formula is C27H34Cl2N4O4S. The van der Waals surface area contributed by atoms with Gasteiger partial charge in [-0.05, 0) is 54.9 Å². The molecule has 8 nitrogen and oxygen atoms in total. The molecule has 2 fully saturated rings. The standard InChI is InChI=1S/C27H34Cl2N4O4S/c28-21-5-4-20(23(29)17-21)6-10-32-19-26(35)33(11-7-22-3-1-16-38-22)24(27(32)36)18-25(34)30-8-2-9-31-12-14-37-15-13-31/h1,3-5,16-17,24H,2,6-15,18-19H2,(H,30,34). The maximum atomic E-state index is 13.6. The van der Waals surface area contributed by atoms with Crippen molar-refractivity contribution in [3.63, 3.8) is 0 Å². The number of hydrogen-bond acceptors (Lipinski definition) is 6. The van der Waals surface area contributed by atoms with Gasteiger partial charge in [-0.3, -0.25) is 19.3 Å². The third-order valence-electron chi connectivity index (χ3n) is 6.92. The third kappa shape index (κ3) is 8.16. The summed E-state index contributed by atoms with van der Waals surface area (Å²) in [6, 6.07) is 8.41. The zero-order chi connectivity index (χ0) is 26.9. The lowest BCUT2D eigenvalue weighted by atomic mass is 10.0. The van der Waals surface area contributed by atoms with E-state index >= 15 is 0 Å². The molecule has 0 aliphatic carbocycles. The Labute approximate surface area is 237 Å². The number of ether oxygens (including phenoxy) is 1. The van der Waals surface area contributed by atoms with E-state index in [1.54, 1.807) is 33.3 Å². The molecule has 206 valence electrons. The average Bonchev–Trinajstić information content (AvgIpc) is 3.42. The number of carbonyl (C=O) groups is 3. The van der Waals surface area contributed by atoms with E-state index in [0.29, 0.717) is 42.5 Å². The molecule has 2 saturated heterocycles.